The molecule has 4 heteroatoms. The van der Waals surface area contributed by atoms with Gasteiger partial charge < -0.3 is 10.2 Å². The van der Waals surface area contributed by atoms with Gasteiger partial charge in [-0.15, -0.1) is 11.3 Å². The van der Waals surface area contributed by atoms with Crippen molar-refractivity contribution in [3.05, 3.63) is 16.1 Å². The maximum absolute atomic E-state index is 9.51. The normalized spacial score (nSPS) is 16.4. The highest BCUT2D eigenvalue weighted by Gasteiger charge is 2.19. The molecular formula is C11H19NO2S. The van der Waals surface area contributed by atoms with Gasteiger partial charge in [0.15, 0.2) is 0 Å². The van der Waals surface area contributed by atoms with Crippen LogP contribution < -0.4 is 0 Å². The molecule has 1 aromatic rings. The van der Waals surface area contributed by atoms with Crippen LogP contribution >= 0.6 is 11.3 Å². The molecule has 0 bridgehead atoms. The van der Waals surface area contributed by atoms with E-state index in [0.717, 1.165) is 10.7 Å². The Kier molecular flexibility index (Phi) is 3.87. The van der Waals surface area contributed by atoms with Crippen LogP contribution in [0.15, 0.2) is 5.38 Å². The van der Waals surface area contributed by atoms with E-state index in [0.29, 0.717) is 6.42 Å². The number of rotatable bonds is 3. The van der Waals surface area contributed by atoms with Crippen molar-refractivity contribution in [1.82, 2.24) is 4.98 Å². The zero-order chi connectivity index (χ0) is 11.6. The van der Waals surface area contributed by atoms with Crippen LogP contribution in [0.25, 0.3) is 0 Å². The standard InChI is InChI=1S/C11H19NO2S/c1-7(13)8(14)5-10-12-9(6-15-10)11(2,3)4/h6-8,13-14H,5H2,1-4H3. The molecule has 2 atom stereocenters. The largest absolute Gasteiger partial charge is 0.391 e. The van der Waals surface area contributed by atoms with E-state index in [2.05, 4.69) is 25.8 Å². The van der Waals surface area contributed by atoms with Crippen LogP contribution in [-0.4, -0.2) is 27.4 Å². The van der Waals surface area contributed by atoms with E-state index in [4.69, 9.17) is 0 Å². The average Bonchev–Trinajstić information content (AvgIpc) is 2.51. The number of nitrogens with zero attached hydrogens (tertiary/aromatic N) is 1. The number of hydrogen-bond acceptors (Lipinski definition) is 4. The van der Waals surface area contributed by atoms with Crippen LogP contribution in [0.4, 0.5) is 0 Å². The van der Waals surface area contributed by atoms with E-state index >= 15 is 0 Å². The van der Waals surface area contributed by atoms with Crippen molar-refractivity contribution < 1.29 is 10.2 Å². The number of aromatic nitrogens is 1. The summed E-state index contributed by atoms with van der Waals surface area (Å²) in [5.41, 5.74) is 1.09. The van der Waals surface area contributed by atoms with Crippen molar-refractivity contribution >= 4 is 11.3 Å². The Bertz CT molecular complexity index is 315. The van der Waals surface area contributed by atoms with Gasteiger partial charge in [-0.3, -0.25) is 0 Å². The van der Waals surface area contributed by atoms with Gasteiger partial charge in [-0.1, -0.05) is 20.8 Å². The number of aliphatic hydroxyl groups is 2. The maximum atomic E-state index is 9.51. The van der Waals surface area contributed by atoms with E-state index in [-0.39, 0.29) is 5.41 Å². The first-order chi connectivity index (χ1) is 6.80. The Morgan fingerprint density at radius 3 is 2.40 bits per heavy atom. The smallest absolute Gasteiger partial charge is 0.0955 e. The molecule has 2 N–H and O–H groups in total. The highest BCUT2D eigenvalue weighted by molar-refractivity contribution is 7.09. The van der Waals surface area contributed by atoms with Gasteiger partial charge >= 0.3 is 0 Å². The van der Waals surface area contributed by atoms with Crippen molar-refractivity contribution in [3.63, 3.8) is 0 Å². The zero-order valence-corrected chi connectivity index (χ0v) is 10.5. The van der Waals surface area contributed by atoms with Gasteiger partial charge in [0.05, 0.1) is 22.9 Å². The summed E-state index contributed by atoms with van der Waals surface area (Å²) in [7, 11) is 0. The average molecular weight is 229 g/mol. The second-order valence-corrected chi connectivity index (χ2v) is 5.83. The second kappa shape index (κ2) is 4.60. The van der Waals surface area contributed by atoms with Gasteiger partial charge in [-0.25, -0.2) is 4.98 Å². The summed E-state index contributed by atoms with van der Waals surface area (Å²) in [6.45, 7) is 7.91. The Hall–Kier alpha value is -0.450. The van der Waals surface area contributed by atoms with Crippen molar-refractivity contribution in [2.75, 3.05) is 0 Å². The molecule has 1 heterocycles. The summed E-state index contributed by atoms with van der Waals surface area (Å²) in [5.74, 6) is 0. The van der Waals surface area contributed by atoms with Gasteiger partial charge in [-0.2, -0.15) is 0 Å². The maximum Gasteiger partial charge on any atom is 0.0955 e. The van der Waals surface area contributed by atoms with Gasteiger partial charge in [0.25, 0.3) is 0 Å². The molecule has 0 amide bonds. The molecule has 86 valence electrons. The summed E-state index contributed by atoms with van der Waals surface area (Å²) in [4.78, 5) is 4.45. The van der Waals surface area contributed by atoms with Crippen molar-refractivity contribution in [2.24, 2.45) is 0 Å². The lowest BCUT2D eigenvalue weighted by atomic mass is 9.93. The fourth-order valence-electron chi connectivity index (χ4n) is 1.10. The molecule has 0 fully saturated rings. The van der Waals surface area contributed by atoms with Gasteiger partial charge in [0, 0.05) is 17.2 Å². The Balaban J connectivity index is 2.69. The van der Waals surface area contributed by atoms with Gasteiger partial charge in [-0.05, 0) is 6.92 Å². The summed E-state index contributed by atoms with van der Waals surface area (Å²) >= 11 is 1.54. The highest BCUT2D eigenvalue weighted by Crippen LogP contribution is 2.24. The summed E-state index contributed by atoms with van der Waals surface area (Å²) < 4.78 is 0. The topological polar surface area (TPSA) is 53.4 Å². The van der Waals surface area contributed by atoms with Crippen molar-refractivity contribution in [2.45, 2.75) is 51.7 Å². The highest BCUT2D eigenvalue weighted by atomic mass is 32.1. The predicted octanol–water partition coefficient (Wildman–Crippen LogP) is 1.72. The molecule has 0 aromatic carbocycles. The molecule has 0 aliphatic carbocycles. The lowest BCUT2D eigenvalue weighted by Crippen LogP contribution is -2.24. The minimum atomic E-state index is -0.719. The zero-order valence-electron chi connectivity index (χ0n) is 9.69. The summed E-state index contributed by atoms with van der Waals surface area (Å²) in [6, 6.07) is 0. The van der Waals surface area contributed by atoms with Crippen LogP contribution in [0.3, 0.4) is 0 Å². The molecule has 0 radical (unpaired) electrons. The molecule has 3 nitrogen and oxygen atoms in total. The van der Waals surface area contributed by atoms with E-state index in [1.54, 1.807) is 6.92 Å². The first kappa shape index (κ1) is 12.6. The monoisotopic (exact) mass is 229 g/mol. The molecule has 15 heavy (non-hydrogen) atoms. The third-order valence-electron chi connectivity index (χ3n) is 2.26. The lowest BCUT2D eigenvalue weighted by molar-refractivity contribution is 0.0319. The minimum absolute atomic E-state index is 0.0462. The van der Waals surface area contributed by atoms with Gasteiger partial charge in [0.2, 0.25) is 0 Å². The molecule has 0 aliphatic rings. The second-order valence-electron chi connectivity index (χ2n) is 4.89. The Morgan fingerprint density at radius 2 is 2.00 bits per heavy atom. The van der Waals surface area contributed by atoms with Crippen LogP contribution in [-0.2, 0) is 11.8 Å². The molecular weight excluding hydrogens is 210 g/mol. The number of hydrogen-bond donors (Lipinski definition) is 2. The fraction of sp³-hybridized carbons (Fsp3) is 0.727. The van der Waals surface area contributed by atoms with E-state index in [1.165, 1.54) is 11.3 Å². The third kappa shape index (κ3) is 3.55. The number of aliphatic hydroxyl groups excluding tert-OH is 2. The fourth-order valence-corrected chi connectivity index (χ4v) is 2.17. The van der Waals surface area contributed by atoms with Crippen LogP contribution in [0, 0.1) is 0 Å². The van der Waals surface area contributed by atoms with E-state index in [1.807, 2.05) is 5.38 Å². The molecule has 0 saturated carbocycles. The van der Waals surface area contributed by atoms with Gasteiger partial charge in [0.1, 0.15) is 0 Å². The number of thiazole rings is 1. The van der Waals surface area contributed by atoms with Crippen molar-refractivity contribution in [1.29, 1.82) is 0 Å². The van der Waals surface area contributed by atoms with Crippen LogP contribution in [0.1, 0.15) is 38.4 Å². The van der Waals surface area contributed by atoms with E-state index in [9.17, 15) is 10.2 Å². The Morgan fingerprint density at radius 1 is 1.40 bits per heavy atom. The first-order valence-electron chi connectivity index (χ1n) is 5.11. The summed E-state index contributed by atoms with van der Waals surface area (Å²) in [6.07, 6.45) is -0.991. The Labute approximate surface area is 94.8 Å². The molecule has 0 spiro atoms. The third-order valence-corrected chi connectivity index (χ3v) is 3.13. The quantitative estimate of drug-likeness (QED) is 0.830. The molecule has 1 rings (SSSR count). The molecule has 0 aliphatic heterocycles. The lowest BCUT2D eigenvalue weighted by Gasteiger charge is -2.14. The summed E-state index contributed by atoms with van der Waals surface area (Å²) in [5, 5.41) is 21.6. The minimum Gasteiger partial charge on any atom is -0.391 e. The predicted molar refractivity (Wildman–Crippen MR) is 62.2 cm³/mol. The molecule has 1 aromatic heterocycles. The van der Waals surface area contributed by atoms with E-state index < -0.39 is 12.2 Å². The SMILES string of the molecule is CC(O)C(O)Cc1nc(C(C)(C)C)cs1. The van der Waals surface area contributed by atoms with Crippen LogP contribution in [0.5, 0.6) is 0 Å². The molecule has 0 saturated heterocycles. The van der Waals surface area contributed by atoms with Crippen LogP contribution in [0.2, 0.25) is 0 Å². The van der Waals surface area contributed by atoms with Crippen molar-refractivity contribution in [3.8, 4) is 0 Å². The molecule has 2 unspecified atom stereocenters. The first-order valence-corrected chi connectivity index (χ1v) is 5.99.